The first-order chi connectivity index (χ1) is 11.6. The van der Waals surface area contributed by atoms with Crippen LogP contribution in [0, 0.1) is 0 Å². The molecule has 6 nitrogen and oxygen atoms in total. The van der Waals surface area contributed by atoms with Crippen molar-refractivity contribution >= 4 is 34.3 Å². The van der Waals surface area contributed by atoms with E-state index in [0.717, 1.165) is 28.5 Å². The number of nitrogens with one attached hydrogen (secondary N) is 3. The van der Waals surface area contributed by atoms with Crippen LogP contribution in [0.5, 0.6) is 5.75 Å². The third-order valence-corrected chi connectivity index (χ3v) is 4.64. The van der Waals surface area contributed by atoms with Crippen LogP contribution in [0.2, 0.25) is 5.02 Å². The number of ether oxygens (including phenoxy) is 1. The number of carbonyl (C=O) groups is 2. The number of amides is 2. The molecule has 1 aliphatic rings. The number of H-pyrrole nitrogens is 1. The Labute approximate surface area is 144 Å². The van der Waals surface area contributed by atoms with E-state index in [0.29, 0.717) is 42.3 Å². The predicted molar refractivity (Wildman–Crippen MR) is 92.9 cm³/mol. The van der Waals surface area contributed by atoms with Crippen molar-refractivity contribution in [1.29, 1.82) is 0 Å². The molecule has 0 unspecified atom stereocenters. The Kier molecular flexibility index (Phi) is 4.66. The first-order valence-electron chi connectivity index (χ1n) is 7.98. The third kappa shape index (κ3) is 2.82. The zero-order valence-electron chi connectivity index (χ0n) is 13.7. The number of carbonyl (C=O) groups excluding carboxylic acids is 2. The van der Waals surface area contributed by atoms with Gasteiger partial charge in [0.1, 0.15) is 11.4 Å². The molecule has 0 bridgehead atoms. The molecule has 0 aliphatic carbocycles. The summed E-state index contributed by atoms with van der Waals surface area (Å²) in [5.41, 5.74) is 3.32. The largest absolute Gasteiger partial charge is 0.491 e. The van der Waals surface area contributed by atoms with Crippen LogP contribution in [-0.2, 0) is 17.6 Å². The highest BCUT2D eigenvalue weighted by molar-refractivity contribution is 6.33. The summed E-state index contributed by atoms with van der Waals surface area (Å²) in [7, 11) is 3.22. The minimum absolute atomic E-state index is 0.00654. The monoisotopic (exact) mass is 349 g/mol. The number of aryl methyl sites for hydroxylation is 1. The van der Waals surface area contributed by atoms with Gasteiger partial charge in [-0.2, -0.15) is 0 Å². The van der Waals surface area contributed by atoms with Crippen LogP contribution in [0.1, 0.15) is 34.5 Å². The molecule has 128 valence electrons. The molecule has 1 aromatic carbocycles. The number of hydrogen-bond acceptors (Lipinski definition) is 3. The van der Waals surface area contributed by atoms with E-state index >= 15 is 0 Å². The fraction of sp³-hybridized carbons (Fsp3) is 0.412. The zero-order valence-corrected chi connectivity index (χ0v) is 14.5. The molecule has 1 aromatic heterocycles. The predicted octanol–water partition coefficient (Wildman–Crippen LogP) is 2.18. The van der Waals surface area contributed by atoms with Gasteiger partial charge in [-0.25, -0.2) is 0 Å². The molecule has 0 radical (unpaired) electrons. The lowest BCUT2D eigenvalue weighted by Crippen LogP contribution is -2.20. The van der Waals surface area contributed by atoms with Crippen LogP contribution in [0.15, 0.2) is 6.07 Å². The van der Waals surface area contributed by atoms with Gasteiger partial charge in [0, 0.05) is 43.4 Å². The van der Waals surface area contributed by atoms with Crippen LogP contribution < -0.4 is 15.4 Å². The number of fused-ring (bicyclic) bond motifs is 3. The van der Waals surface area contributed by atoms with Crippen molar-refractivity contribution in [3.05, 3.63) is 27.9 Å². The van der Waals surface area contributed by atoms with Crippen LogP contribution in [0.3, 0.4) is 0 Å². The highest BCUT2D eigenvalue weighted by Gasteiger charge is 2.25. The van der Waals surface area contributed by atoms with Gasteiger partial charge >= 0.3 is 0 Å². The second kappa shape index (κ2) is 6.73. The summed E-state index contributed by atoms with van der Waals surface area (Å²) in [6, 6.07) is 1.80. The number of halogens is 1. The van der Waals surface area contributed by atoms with Crippen molar-refractivity contribution in [3.63, 3.8) is 0 Å². The smallest absolute Gasteiger partial charge is 0.267 e. The summed E-state index contributed by atoms with van der Waals surface area (Å²) >= 11 is 6.29. The maximum atomic E-state index is 12.3. The molecule has 0 fully saturated rings. The van der Waals surface area contributed by atoms with E-state index in [1.165, 1.54) is 0 Å². The average Bonchev–Trinajstić information content (AvgIpc) is 3.19. The van der Waals surface area contributed by atoms with Crippen LogP contribution in [0.4, 0.5) is 0 Å². The minimum atomic E-state index is -0.176. The van der Waals surface area contributed by atoms with Crippen molar-refractivity contribution in [2.24, 2.45) is 0 Å². The van der Waals surface area contributed by atoms with E-state index in [4.69, 9.17) is 16.3 Å². The Morgan fingerprint density at radius 3 is 2.83 bits per heavy atom. The van der Waals surface area contributed by atoms with E-state index in [-0.39, 0.29) is 11.8 Å². The summed E-state index contributed by atoms with van der Waals surface area (Å²) < 4.78 is 5.64. The standard InChI is InChI=1S/C17H20ClN3O3/c1-19-13(22)5-3-4-9-14-10-6-7-24-16(10)11(18)8-12(14)21-15(9)17(23)20-2/h8,21H,3-7H2,1-2H3,(H,19,22)(H,20,23). The van der Waals surface area contributed by atoms with Gasteiger partial charge < -0.3 is 20.4 Å². The van der Waals surface area contributed by atoms with Gasteiger partial charge in [0.05, 0.1) is 11.6 Å². The number of hydrogen-bond donors (Lipinski definition) is 3. The van der Waals surface area contributed by atoms with Crippen LogP contribution in [0.25, 0.3) is 10.9 Å². The summed E-state index contributed by atoms with van der Waals surface area (Å²) in [6.45, 7) is 0.590. The number of rotatable bonds is 5. The molecule has 2 amide bonds. The highest BCUT2D eigenvalue weighted by Crippen LogP contribution is 2.41. The van der Waals surface area contributed by atoms with Crippen molar-refractivity contribution < 1.29 is 14.3 Å². The molecule has 24 heavy (non-hydrogen) atoms. The fourth-order valence-electron chi connectivity index (χ4n) is 3.23. The number of benzene rings is 1. The van der Waals surface area contributed by atoms with Gasteiger partial charge in [-0.15, -0.1) is 0 Å². The Bertz CT molecular complexity index is 813. The Hall–Kier alpha value is -2.21. The third-order valence-electron chi connectivity index (χ3n) is 4.36. The maximum absolute atomic E-state index is 12.3. The average molecular weight is 350 g/mol. The molecule has 2 aromatic rings. The quantitative estimate of drug-likeness (QED) is 0.773. The normalized spacial score (nSPS) is 12.8. The molecule has 1 aliphatic heterocycles. The summed E-state index contributed by atoms with van der Waals surface area (Å²) in [5, 5.41) is 6.83. The molecular formula is C17H20ClN3O3. The molecule has 0 saturated heterocycles. The minimum Gasteiger partial charge on any atom is -0.491 e. The summed E-state index contributed by atoms with van der Waals surface area (Å²) in [4.78, 5) is 26.9. The van der Waals surface area contributed by atoms with Gasteiger partial charge in [0.25, 0.3) is 5.91 Å². The molecule has 7 heteroatoms. The fourth-order valence-corrected chi connectivity index (χ4v) is 3.51. The zero-order chi connectivity index (χ0) is 17.3. The Balaban J connectivity index is 2.07. The van der Waals surface area contributed by atoms with Gasteiger partial charge in [-0.05, 0) is 24.5 Å². The molecule has 0 saturated carbocycles. The van der Waals surface area contributed by atoms with E-state index in [1.54, 1.807) is 20.2 Å². The molecule has 2 heterocycles. The van der Waals surface area contributed by atoms with Crippen molar-refractivity contribution in [1.82, 2.24) is 15.6 Å². The summed E-state index contributed by atoms with van der Waals surface area (Å²) in [6.07, 6.45) is 2.47. The van der Waals surface area contributed by atoms with Gasteiger partial charge in [-0.1, -0.05) is 11.6 Å². The van der Waals surface area contributed by atoms with E-state index in [1.807, 2.05) is 0 Å². The molecule has 0 spiro atoms. The Morgan fingerprint density at radius 2 is 2.12 bits per heavy atom. The lowest BCUT2D eigenvalue weighted by atomic mass is 9.98. The van der Waals surface area contributed by atoms with Gasteiger partial charge in [-0.3, -0.25) is 9.59 Å². The number of aromatic nitrogens is 1. The molecular weight excluding hydrogens is 330 g/mol. The molecule has 3 rings (SSSR count). The van der Waals surface area contributed by atoms with Crippen molar-refractivity contribution in [2.45, 2.75) is 25.7 Å². The van der Waals surface area contributed by atoms with Crippen LogP contribution in [-0.4, -0.2) is 37.5 Å². The van der Waals surface area contributed by atoms with Gasteiger partial charge in [0.15, 0.2) is 0 Å². The molecule has 0 atom stereocenters. The summed E-state index contributed by atoms with van der Waals surface area (Å²) in [5.74, 6) is 0.525. The van der Waals surface area contributed by atoms with E-state index in [9.17, 15) is 9.59 Å². The second-order valence-electron chi connectivity index (χ2n) is 5.77. The van der Waals surface area contributed by atoms with Gasteiger partial charge in [0.2, 0.25) is 5.91 Å². The van der Waals surface area contributed by atoms with E-state index < -0.39 is 0 Å². The first-order valence-corrected chi connectivity index (χ1v) is 8.36. The lowest BCUT2D eigenvalue weighted by molar-refractivity contribution is -0.120. The highest BCUT2D eigenvalue weighted by atomic mass is 35.5. The van der Waals surface area contributed by atoms with E-state index in [2.05, 4.69) is 15.6 Å². The van der Waals surface area contributed by atoms with Crippen LogP contribution >= 0.6 is 11.6 Å². The van der Waals surface area contributed by atoms with Crippen molar-refractivity contribution in [3.8, 4) is 5.75 Å². The second-order valence-corrected chi connectivity index (χ2v) is 6.18. The topological polar surface area (TPSA) is 83.2 Å². The Morgan fingerprint density at radius 1 is 1.33 bits per heavy atom. The SMILES string of the molecule is CNC(=O)CCCc1c(C(=O)NC)[nH]c2cc(Cl)c3c(c12)CCO3. The first kappa shape index (κ1) is 16.6. The maximum Gasteiger partial charge on any atom is 0.267 e. The number of aromatic amines is 1. The van der Waals surface area contributed by atoms with Crippen molar-refractivity contribution in [2.75, 3.05) is 20.7 Å². The molecule has 3 N–H and O–H groups in total. The lowest BCUT2D eigenvalue weighted by Gasteiger charge is -2.07.